The average molecular weight is 408 g/mol. The summed E-state index contributed by atoms with van der Waals surface area (Å²) in [5.74, 6) is 0.500. The number of hydrogen-bond acceptors (Lipinski definition) is 1. The van der Waals surface area contributed by atoms with Crippen LogP contribution in [0.25, 0.3) is 0 Å². The summed E-state index contributed by atoms with van der Waals surface area (Å²) >= 11 is 0. The van der Waals surface area contributed by atoms with E-state index in [1.807, 2.05) is 6.08 Å². The minimum absolute atomic E-state index is 0.378. The molecule has 0 aromatic heterocycles. The van der Waals surface area contributed by atoms with Crippen LogP contribution in [0.3, 0.4) is 0 Å². The van der Waals surface area contributed by atoms with Crippen molar-refractivity contribution in [3.63, 3.8) is 0 Å². The molecule has 0 bridgehead atoms. The molecule has 1 aliphatic heterocycles. The lowest BCUT2D eigenvalue weighted by Gasteiger charge is -2.31. The second-order valence-corrected chi connectivity index (χ2v) is 9.02. The van der Waals surface area contributed by atoms with E-state index in [4.69, 9.17) is 0 Å². The van der Waals surface area contributed by atoms with Crippen LogP contribution in [0.2, 0.25) is 0 Å². The highest BCUT2D eigenvalue weighted by Crippen LogP contribution is 2.45. The fourth-order valence-electron chi connectivity index (χ4n) is 5.77. The van der Waals surface area contributed by atoms with E-state index in [2.05, 4.69) is 85.2 Å². The zero-order valence-electron chi connectivity index (χ0n) is 18.7. The summed E-state index contributed by atoms with van der Waals surface area (Å²) in [5.41, 5.74) is 10.6. The molecule has 1 nitrogen and oxygen atoms in total. The molecule has 2 unspecified atom stereocenters. The summed E-state index contributed by atoms with van der Waals surface area (Å²) in [5, 5.41) is 0. The Kier molecular flexibility index (Phi) is 5.68. The van der Waals surface area contributed by atoms with Crippen LogP contribution in [0.15, 0.2) is 102 Å². The molecule has 0 fully saturated rings. The van der Waals surface area contributed by atoms with Gasteiger partial charge in [-0.05, 0) is 84.9 Å². The Morgan fingerprint density at radius 3 is 2.87 bits per heavy atom. The Morgan fingerprint density at radius 1 is 1.16 bits per heavy atom. The maximum absolute atomic E-state index is 3.89. The van der Waals surface area contributed by atoms with Gasteiger partial charge in [0.1, 0.15) is 0 Å². The van der Waals surface area contributed by atoms with Crippen molar-refractivity contribution in [3.8, 4) is 0 Å². The van der Waals surface area contributed by atoms with E-state index in [1.165, 1.54) is 35.4 Å². The third-order valence-electron chi connectivity index (χ3n) is 7.25. The summed E-state index contributed by atoms with van der Waals surface area (Å²) in [6.07, 6.45) is 28.4. The highest BCUT2D eigenvalue weighted by molar-refractivity contribution is 5.67. The normalized spacial score (nSPS) is 24.9. The fraction of sp³-hybridized carbons (Fsp3) is 0.333. The van der Waals surface area contributed by atoms with Crippen molar-refractivity contribution in [2.45, 2.75) is 63.8 Å². The third kappa shape index (κ3) is 3.71. The first kappa shape index (κ1) is 20.1. The van der Waals surface area contributed by atoms with Gasteiger partial charge >= 0.3 is 0 Å². The highest BCUT2D eigenvalue weighted by atomic mass is 15.2. The second-order valence-electron chi connectivity index (χ2n) is 9.02. The highest BCUT2D eigenvalue weighted by Gasteiger charge is 2.32. The molecular formula is C30H33N. The predicted molar refractivity (Wildman–Crippen MR) is 133 cm³/mol. The third-order valence-corrected chi connectivity index (χ3v) is 7.25. The summed E-state index contributed by atoms with van der Waals surface area (Å²) < 4.78 is 0. The van der Waals surface area contributed by atoms with Crippen LogP contribution in [0, 0.1) is 0 Å². The Morgan fingerprint density at radius 2 is 2.06 bits per heavy atom. The van der Waals surface area contributed by atoms with E-state index in [1.54, 1.807) is 16.7 Å². The molecule has 2 atom stereocenters. The van der Waals surface area contributed by atoms with Crippen LogP contribution in [0.4, 0.5) is 5.69 Å². The Balaban J connectivity index is 1.51. The molecule has 158 valence electrons. The maximum atomic E-state index is 3.89. The number of hydrogen-bond donors (Lipinski definition) is 0. The van der Waals surface area contributed by atoms with Crippen molar-refractivity contribution in [3.05, 3.63) is 113 Å². The Labute approximate surface area is 187 Å². The molecule has 1 aromatic carbocycles. The van der Waals surface area contributed by atoms with E-state index >= 15 is 0 Å². The van der Waals surface area contributed by atoms with E-state index in [-0.39, 0.29) is 0 Å². The van der Waals surface area contributed by atoms with Crippen molar-refractivity contribution in [2.24, 2.45) is 0 Å². The van der Waals surface area contributed by atoms with Crippen LogP contribution in [0.5, 0.6) is 0 Å². The van der Waals surface area contributed by atoms with Crippen LogP contribution < -0.4 is 4.90 Å². The van der Waals surface area contributed by atoms with E-state index < -0.39 is 0 Å². The first-order valence-electron chi connectivity index (χ1n) is 12.0. The number of fused-ring (bicyclic) bond motifs is 1. The molecule has 1 heterocycles. The quantitative estimate of drug-likeness (QED) is 0.449. The lowest BCUT2D eigenvalue weighted by atomic mass is 9.75. The molecule has 31 heavy (non-hydrogen) atoms. The van der Waals surface area contributed by atoms with E-state index in [0.29, 0.717) is 12.0 Å². The molecule has 5 rings (SSSR count). The van der Waals surface area contributed by atoms with Crippen molar-refractivity contribution in [2.75, 3.05) is 4.90 Å². The summed E-state index contributed by atoms with van der Waals surface area (Å²) in [4.78, 5) is 2.56. The summed E-state index contributed by atoms with van der Waals surface area (Å²) in [6, 6.07) is 7.67. The summed E-state index contributed by atoms with van der Waals surface area (Å²) in [7, 11) is 0. The maximum Gasteiger partial charge on any atom is 0.0563 e. The van der Waals surface area contributed by atoms with Gasteiger partial charge in [0.05, 0.1) is 6.04 Å². The number of benzene rings is 1. The largest absolute Gasteiger partial charge is 0.338 e. The Hall–Kier alpha value is -2.80. The van der Waals surface area contributed by atoms with Gasteiger partial charge in [0.15, 0.2) is 0 Å². The monoisotopic (exact) mass is 407 g/mol. The second kappa shape index (κ2) is 8.75. The standard InChI is InChI=1S/C30H33N/c1-3-5-11-26-21-24-20-23(17-19-30(24)31(26)25-12-7-6-8-13-25)28-18-16-22(4-2)27-14-9-10-15-29(27)28/h3,5-7,10-12,15-17,19-20,26,28H,1,4,8-9,13-14,18,21H2,2H3/b11-5-. The lowest BCUT2D eigenvalue weighted by Crippen LogP contribution is -2.30. The number of rotatable bonds is 5. The van der Waals surface area contributed by atoms with Gasteiger partial charge in [-0.1, -0.05) is 74.2 Å². The Bertz CT molecular complexity index is 1060. The average Bonchev–Trinajstić information content (AvgIpc) is 3.20. The zero-order valence-corrected chi connectivity index (χ0v) is 18.7. The molecule has 0 spiro atoms. The van der Waals surface area contributed by atoms with Crippen molar-refractivity contribution < 1.29 is 0 Å². The lowest BCUT2D eigenvalue weighted by molar-refractivity contribution is 0.750. The van der Waals surface area contributed by atoms with Gasteiger partial charge in [-0.2, -0.15) is 0 Å². The molecule has 0 radical (unpaired) electrons. The van der Waals surface area contributed by atoms with E-state index in [0.717, 1.165) is 32.1 Å². The SMILES string of the molecule is C=C/C=C\C1Cc2cc(C3CC=C(CC)C4=C3C=CCC4)ccc2N1C1=CC=CCC1. The number of nitrogens with zero attached hydrogens (tertiary/aromatic N) is 1. The van der Waals surface area contributed by atoms with Crippen LogP contribution >= 0.6 is 0 Å². The zero-order chi connectivity index (χ0) is 21.2. The molecule has 0 saturated heterocycles. The van der Waals surface area contributed by atoms with Gasteiger partial charge in [0.2, 0.25) is 0 Å². The van der Waals surface area contributed by atoms with Crippen LogP contribution in [-0.4, -0.2) is 6.04 Å². The molecule has 4 aliphatic rings. The number of anilines is 1. The van der Waals surface area contributed by atoms with Gasteiger partial charge in [-0.15, -0.1) is 0 Å². The van der Waals surface area contributed by atoms with E-state index in [9.17, 15) is 0 Å². The van der Waals surface area contributed by atoms with Crippen LogP contribution in [-0.2, 0) is 6.42 Å². The minimum Gasteiger partial charge on any atom is -0.338 e. The minimum atomic E-state index is 0.378. The van der Waals surface area contributed by atoms with Crippen molar-refractivity contribution in [1.82, 2.24) is 0 Å². The van der Waals surface area contributed by atoms with Crippen molar-refractivity contribution in [1.29, 1.82) is 0 Å². The van der Waals surface area contributed by atoms with Gasteiger partial charge < -0.3 is 4.90 Å². The van der Waals surface area contributed by atoms with Crippen molar-refractivity contribution >= 4 is 5.69 Å². The van der Waals surface area contributed by atoms with Gasteiger partial charge in [-0.3, -0.25) is 0 Å². The first-order chi connectivity index (χ1) is 15.3. The smallest absolute Gasteiger partial charge is 0.0563 e. The molecular weight excluding hydrogens is 374 g/mol. The molecule has 3 aliphatic carbocycles. The molecule has 1 heteroatoms. The summed E-state index contributed by atoms with van der Waals surface area (Å²) in [6.45, 7) is 6.18. The fourth-order valence-corrected chi connectivity index (χ4v) is 5.77. The molecule has 0 N–H and O–H groups in total. The topological polar surface area (TPSA) is 3.24 Å². The predicted octanol–water partition coefficient (Wildman–Crippen LogP) is 7.86. The van der Waals surface area contributed by atoms with Gasteiger partial charge in [-0.25, -0.2) is 0 Å². The van der Waals surface area contributed by atoms with Gasteiger partial charge in [0, 0.05) is 17.3 Å². The first-order valence-corrected chi connectivity index (χ1v) is 12.0. The molecule has 1 aromatic rings. The molecule has 0 saturated carbocycles. The van der Waals surface area contributed by atoms with Crippen LogP contribution in [0.1, 0.15) is 62.5 Å². The molecule has 0 amide bonds. The number of allylic oxidation sites excluding steroid dienone is 12. The van der Waals surface area contributed by atoms with Gasteiger partial charge in [0.25, 0.3) is 0 Å².